The predicted octanol–water partition coefficient (Wildman–Crippen LogP) is 2.81. The summed E-state index contributed by atoms with van der Waals surface area (Å²) in [4.78, 5) is 0. The summed E-state index contributed by atoms with van der Waals surface area (Å²) < 4.78 is 13.8. The number of hydrogen-bond donors (Lipinski definition) is 2. The molecule has 0 aliphatic carbocycles. The Balaban J connectivity index is 3.27. The minimum Gasteiger partial charge on any atom is -0.397 e. The molecule has 0 saturated heterocycles. The Bertz CT molecular complexity index is 399. The van der Waals surface area contributed by atoms with E-state index in [1.165, 1.54) is 6.07 Å². The SMILES string of the molecule is Cc1ccc(C(N)=C(Br)C=N)c(F)c1. The Morgan fingerprint density at radius 1 is 1.57 bits per heavy atom. The second-order valence-electron chi connectivity index (χ2n) is 2.89. The highest BCUT2D eigenvalue weighted by molar-refractivity contribution is 9.12. The fourth-order valence-corrected chi connectivity index (χ4v) is 1.26. The van der Waals surface area contributed by atoms with Crippen LogP contribution >= 0.6 is 15.9 Å². The van der Waals surface area contributed by atoms with Gasteiger partial charge < -0.3 is 11.1 Å². The molecule has 0 fully saturated rings. The summed E-state index contributed by atoms with van der Waals surface area (Å²) in [5, 5.41) is 6.97. The molecule has 0 spiro atoms. The van der Waals surface area contributed by atoms with Crippen molar-refractivity contribution in [1.82, 2.24) is 0 Å². The van der Waals surface area contributed by atoms with Crippen LogP contribution in [0.5, 0.6) is 0 Å². The molecule has 1 rings (SSSR count). The molecule has 74 valence electrons. The molecule has 0 radical (unpaired) electrons. The molecule has 0 atom stereocenters. The standard InChI is InChI=1S/C10H10BrFN2/c1-6-2-3-7(9(12)4-6)10(14)8(11)5-13/h2-5,13H,14H2,1H3. The molecule has 0 aliphatic rings. The maximum absolute atomic E-state index is 13.4. The molecule has 0 amide bonds. The maximum Gasteiger partial charge on any atom is 0.132 e. The van der Waals surface area contributed by atoms with E-state index in [1.807, 2.05) is 0 Å². The molecule has 14 heavy (non-hydrogen) atoms. The number of hydrogen-bond acceptors (Lipinski definition) is 2. The van der Waals surface area contributed by atoms with E-state index in [2.05, 4.69) is 15.9 Å². The summed E-state index contributed by atoms with van der Waals surface area (Å²) in [5.41, 5.74) is 7.02. The van der Waals surface area contributed by atoms with Crippen LogP contribution in [-0.4, -0.2) is 6.21 Å². The van der Waals surface area contributed by atoms with E-state index in [-0.39, 0.29) is 11.5 Å². The van der Waals surface area contributed by atoms with E-state index in [0.717, 1.165) is 11.8 Å². The number of nitrogens with one attached hydrogen (secondary N) is 1. The van der Waals surface area contributed by atoms with Crippen molar-refractivity contribution in [1.29, 1.82) is 5.41 Å². The number of halogens is 2. The topological polar surface area (TPSA) is 49.9 Å². The zero-order valence-electron chi connectivity index (χ0n) is 7.64. The van der Waals surface area contributed by atoms with Crippen molar-refractivity contribution < 1.29 is 4.39 Å². The van der Waals surface area contributed by atoms with E-state index < -0.39 is 0 Å². The third-order valence-corrected chi connectivity index (χ3v) is 2.45. The number of allylic oxidation sites excluding steroid dienone is 1. The van der Waals surface area contributed by atoms with Crippen molar-refractivity contribution in [2.24, 2.45) is 5.73 Å². The summed E-state index contributed by atoms with van der Waals surface area (Å²) >= 11 is 3.08. The Kier molecular flexibility index (Phi) is 3.41. The van der Waals surface area contributed by atoms with Crippen LogP contribution < -0.4 is 5.73 Å². The van der Waals surface area contributed by atoms with Gasteiger partial charge in [0.15, 0.2) is 0 Å². The van der Waals surface area contributed by atoms with E-state index in [9.17, 15) is 4.39 Å². The Labute approximate surface area is 90.3 Å². The summed E-state index contributed by atoms with van der Waals surface area (Å²) in [6.07, 6.45) is 1.04. The van der Waals surface area contributed by atoms with Gasteiger partial charge in [0.2, 0.25) is 0 Å². The highest BCUT2D eigenvalue weighted by atomic mass is 79.9. The fourth-order valence-electron chi connectivity index (χ4n) is 1.04. The van der Waals surface area contributed by atoms with Crippen LogP contribution in [0.25, 0.3) is 5.70 Å². The highest BCUT2D eigenvalue weighted by Crippen LogP contribution is 2.20. The Morgan fingerprint density at radius 3 is 2.71 bits per heavy atom. The van der Waals surface area contributed by atoms with Gasteiger partial charge in [-0.1, -0.05) is 6.07 Å². The van der Waals surface area contributed by atoms with Gasteiger partial charge in [-0.05, 0) is 40.5 Å². The van der Waals surface area contributed by atoms with Crippen molar-refractivity contribution in [3.05, 3.63) is 39.6 Å². The molecule has 0 bridgehead atoms. The van der Waals surface area contributed by atoms with E-state index >= 15 is 0 Å². The zero-order chi connectivity index (χ0) is 10.7. The van der Waals surface area contributed by atoms with Gasteiger partial charge >= 0.3 is 0 Å². The molecule has 3 N–H and O–H groups in total. The molecule has 0 aliphatic heterocycles. The van der Waals surface area contributed by atoms with Crippen molar-refractivity contribution in [3.63, 3.8) is 0 Å². The largest absolute Gasteiger partial charge is 0.397 e. The van der Waals surface area contributed by atoms with Gasteiger partial charge in [0.05, 0.1) is 10.2 Å². The van der Waals surface area contributed by atoms with Crippen LogP contribution in [0.15, 0.2) is 22.7 Å². The van der Waals surface area contributed by atoms with E-state index in [1.54, 1.807) is 19.1 Å². The first-order valence-corrected chi connectivity index (χ1v) is 4.78. The molecule has 0 aromatic heterocycles. The van der Waals surface area contributed by atoms with Crippen LogP contribution in [0.2, 0.25) is 0 Å². The van der Waals surface area contributed by atoms with Crippen molar-refractivity contribution >= 4 is 27.8 Å². The first-order valence-electron chi connectivity index (χ1n) is 3.98. The fraction of sp³-hybridized carbons (Fsp3) is 0.100. The summed E-state index contributed by atoms with van der Waals surface area (Å²) in [5.74, 6) is -0.374. The first kappa shape index (κ1) is 10.9. The quantitative estimate of drug-likeness (QED) is 0.786. The van der Waals surface area contributed by atoms with Crippen LogP contribution in [0.4, 0.5) is 4.39 Å². The van der Waals surface area contributed by atoms with Crippen LogP contribution in [0, 0.1) is 18.2 Å². The molecule has 1 aromatic carbocycles. The average Bonchev–Trinajstić information content (AvgIpc) is 2.15. The zero-order valence-corrected chi connectivity index (χ0v) is 9.23. The summed E-state index contributed by atoms with van der Waals surface area (Å²) in [7, 11) is 0. The van der Waals surface area contributed by atoms with Crippen LogP contribution in [-0.2, 0) is 0 Å². The van der Waals surface area contributed by atoms with E-state index in [0.29, 0.717) is 10.0 Å². The highest BCUT2D eigenvalue weighted by Gasteiger charge is 2.07. The lowest BCUT2D eigenvalue weighted by atomic mass is 10.1. The second-order valence-corrected chi connectivity index (χ2v) is 3.74. The van der Waals surface area contributed by atoms with Gasteiger partial charge in [0, 0.05) is 11.8 Å². The third-order valence-electron chi connectivity index (χ3n) is 1.80. The molecule has 2 nitrogen and oxygen atoms in total. The van der Waals surface area contributed by atoms with Crippen molar-refractivity contribution in [3.8, 4) is 0 Å². The molecule has 4 heteroatoms. The van der Waals surface area contributed by atoms with Gasteiger partial charge in [-0.15, -0.1) is 0 Å². The minimum atomic E-state index is -0.374. The molecular weight excluding hydrogens is 247 g/mol. The maximum atomic E-state index is 13.4. The molecule has 0 unspecified atom stereocenters. The Hall–Kier alpha value is -1.16. The molecule has 0 saturated carbocycles. The first-order chi connectivity index (χ1) is 6.56. The average molecular weight is 257 g/mol. The van der Waals surface area contributed by atoms with Crippen LogP contribution in [0.3, 0.4) is 0 Å². The van der Waals surface area contributed by atoms with Gasteiger partial charge in [-0.3, -0.25) is 0 Å². The number of aryl methyl sites for hydroxylation is 1. The summed E-state index contributed by atoms with van der Waals surface area (Å²) in [6, 6.07) is 4.78. The van der Waals surface area contributed by atoms with Crippen molar-refractivity contribution in [2.45, 2.75) is 6.92 Å². The predicted molar refractivity (Wildman–Crippen MR) is 60.0 cm³/mol. The van der Waals surface area contributed by atoms with Gasteiger partial charge in [-0.2, -0.15) is 0 Å². The van der Waals surface area contributed by atoms with E-state index in [4.69, 9.17) is 11.1 Å². The van der Waals surface area contributed by atoms with Gasteiger partial charge in [0.25, 0.3) is 0 Å². The molecular formula is C10H10BrFN2. The molecule has 1 aromatic rings. The lowest BCUT2D eigenvalue weighted by Crippen LogP contribution is -2.02. The van der Waals surface area contributed by atoms with Gasteiger partial charge in [0.1, 0.15) is 5.82 Å². The Morgan fingerprint density at radius 2 is 2.21 bits per heavy atom. The monoisotopic (exact) mass is 256 g/mol. The number of benzene rings is 1. The molecule has 0 heterocycles. The lowest BCUT2D eigenvalue weighted by Gasteiger charge is -2.05. The number of rotatable bonds is 2. The smallest absolute Gasteiger partial charge is 0.132 e. The number of nitrogens with two attached hydrogens (primary N) is 1. The van der Waals surface area contributed by atoms with Crippen molar-refractivity contribution in [2.75, 3.05) is 0 Å². The van der Waals surface area contributed by atoms with Gasteiger partial charge in [-0.25, -0.2) is 4.39 Å². The normalized spacial score (nSPS) is 12.2. The third kappa shape index (κ3) is 2.20. The second kappa shape index (κ2) is 4.37. The van der Waals surface area contributed by atoms with Crippen LogP contribution in [0.1, 0.15) is 11.1 Å². The minimum absolute atomic E-state index is 0.234. The lowest BCUT2D eigenvalue weighted by molar-refractivity contribution is 0.622. The summed E-state index contributed by atoms with van der Waals surface area (Å²) in [6.45, 7) is 1.80.